The molecule has 0 unspecified atom stereocenters. The Kier molecular flexibility index (Phi) is 3.41. The van der Waals surface area contributed by atoms with Gasteiger partial charge in [-0.2, -0.15) is 0 Å². The van der Waals surface area contributed by atoms with E-state index in [-0.39, 0.29) is 0 Å². The van der Waals surface area contributed by atoms with Crippen LogP contribution in [0.4, 0.5) is 5.69 Å². The molecule has 0 fully saturated rings. The number of para-hydroxylation sites is 1. The summed E-state index contributed by atoms with van der Waals surface area (Å²) in [5.74, 6) is 0. The van der Waals surface area contributed by atoms with Gasteiger partial charge in [0, 0.05) is 5.69 Å². The van der Waals surface area contributed by atoms with E-state index in [2.05, 4.69) is 4.72 Å². The van der Waals surface area contributed by atoms with Crippen LogP contribution in [-0.4, -0.2) is 12.6 Å². The van der Waals surface area contributed by atoms with E-state index in [0.29, 0.717) is 5.69 Å². The molecule has 1 aromatic carbocycles. The SMILES string of the molecule is O=S(=O)(Nc1ccccc1)C(Cl)Cl. The van der Waals surface area contributed by atoms with Crippen LogP contribution in [0.3, 0.4) is 0 Å². The van der Waals surface area contributed by atoms with E-state index in [9.17, 15) is 8.42 Å². The van der Waals surface area contributed by atoms with Gasteiger partial charge in [0.25, 0.3) is 10.0 Å². The Hall–Kier alpha value is -0.450. The largest absolute Gasteiger partial charge is 0.281 e. The van der Waals surface area contributed by atoms with E-state index >= 15 is 0 Å². The third kappa shape index (κ3) is 3.06. The second-order valence-corrected chi connectivity index (χ2v) is 5.65. The fraction of sp³-hybridized carbons (Fsp3) is 0.143. The van der Waals surface area contributed by atoms with Crippen LogP contribution in [0.25, 0.3) is 0 Å². The average Bonchev–Trinajstić information content (AvgIpc) is 2.05. The molecule has 0 atom stereocenters. The van der Waals surface area contributed by atoms with Crippen LogP contribution in [0, 0.1) is 0 Å². The molecule has 0 heterocycles. The quantitative estimate of drug-likeness (QED) is 0.823. The normalized spacial score (nSPS) is 11.6. The highest BCUT2D eigenvalue weighted by Gasteiger charge is 2.19. The van der Waals surface area contributed by atoms with Crippen molar-refractivity contribution < 1.29 is 8.42 Å². The summed E-state index contributed by atoms with van der Waals surface area (Å²) < 4.78 is 23.0. The zero-order chi connectivity index (χ0) is 9.90. The number of rotatable bonds is 3. The Morgan fingerprint density at radius 1 is 1.15 bits per heavy atom. The highest BCUT2D eigenvalue weighted by atomic mass is 35.5. The molecule has 72 valence electrons. The molecule has 0 amide bonds. The fourth-order valence-electron chi connectivity index (χ4n) is 0.715. The molecule has 0 aliphatic carbocycles. The summed E-state index contributed by atoms with van der Waals surface area (Å²) in [5, 5.41) is 0. The van der Waals surface area contributed by atoms with Gasteiger partial charge in [0.1, 0.15) is 0 Å². The van der Waals surface area contributed by atoms with Crippen molar-refractivity contribution in [2.45, 2.75) is 4.17 Å². The minimum atomic E-state index is -3.67. The number of anilines is 1. The van der Waals surface area contributed by atoms with Crippen molar-refractivity contribution >= 4 is 38.9 Å². The summed E-state index contributed by atoms with van der Waals surface area (Å²) in [7, 11) is -3.67. The molecule has 0 aliphatic heterocycles. The molecule has 6 heteroatoms. The smallest absolute Gasteiger partial charge is 0.264 e. The third-order valence-electron chi connectivity index (χ3n) is 1.27. The van der Waals surface area contributed by atoms with E-state index in [4.69, 9.17) is 23.2 Å². The number of alkyl halides is 2. The molecule has 0 spiro atoms. The molecule has 3 nitrogen and oxygen atoms in total. The first-order valence-electron chi connectivity index (χ1n) is 3.37. The van der Waals surface area contributed by atoms with E-state index in [0.717, 1.165) is 0 Å². The Morgan fingerprint density at radius 3 is 2.15 bits per heavy atom. The number of halogens is 2. The maximum atomic E-state index is 11.1. The van der Waals surface area contributed by atoms with Crippen molar-refractivity contribution in [3.8, 4) is 0 Å². The Labute approximate surface area is 86.7 Å². The zero-order valence-electron chi connectivity index (χ0n) is 6.44. The van der Waals surface area contributed by atoms with Crippen LogP contribution in [-0.2, 0) is 10.0 Å². The topological polar surface area (TPSA) is 46.2 Å². The van der Waals surface area contributed by atoms with Gasteiger partial charge in [-0.25, -0.2) is 8.42 Å². The Morgan fingerprint density at radius 2 is 1.69 bits per heavy atom. The van der Waals surface area contributed by atoms with E-state index in [1.165, 1.54) is 0 Å². The molecule has 0 saturated heterocycles. The van der Waals surface area contributed by atoms with Crippen LogP contribution in [0.1, 0.15) is 0 Å². The highest BCUT2D eigenvalue weighted by Crippen LogP contribution is 2.15. The van der Waals surface area contributed by atoms with Gasteiger partial charge in [0.15, 0.2) is 0 Å². The van der Waals surface area contributed by atoms with Crippen LogP contribution in [0.2, 0.25) is 0 Å². The predicted molar refractivity (Wildman–Crippen MR) is 54.5 cm³/mol. The average molecular weight is 240 g/mol. The van der Waals surface area contributed by atoms with E-state index < -0.39 is 14.2 Å². The van der Waals surface area contributed by atoms with Crippen LogP contribution < -0.4 is 4.72 Å². The lowest BCUT2D eigenvalue weighted by molar-refractivity contribution is 0.603. The molecule has 0 bridgehead atoms. The van der Waals surface area contributed by atoms with Gasteiger partial charge in [0.2, 0.25) is 4.17 Å². The van der Waals surface area contributed by atoms with Crippen molar-refractivity contribution in [2.24, 2.45) is 0 Å². The first kappa shape index (κ1) is 10.6. The summed E-state index contributed by atoms with van der Waals surface area (Å²) in [4.78, 5) is 0. The van der Waals surface area contributed by atoms with Crippen molar-refractivity contribution in [1.29, 1.82) is 0 Å². The van der Waals surface area contributed by atoms with Gasteiger partial charge >= 0.3 is 0 Å². The lowest BCUT2D eigenvalue weighted by atomic mass is 10.3. The van der Waals surface area contributed by atoms with Gasteiger partial charge in [0.05, 0.1) is 0 Å². The second kappa shape index (κ2) is 4.17. The summed E-state index contributed by atoms with van der Waals surface area (Å²) in [6, 6.07) is 8.39. The van der Waals surface area contributed by atoms with E-state index in [1.54, 1.807) is 30.3 Å². The lowest BCUT2D eigenvalue weighted by Gasteiger charge is -2.07. The molecule has 0 aliphatic rings. The number of hydrogen-bond donors (Lipinski definition) is 1. The highest BCUT2D eigenvalue weighted by molar-refractivity contribution is 7.95. The summed E-state index contributed by atoms with van der Waals surface area (Å²) in [6.45, 7) is 0. The Balaban J connectivity index is 2.82. The second-order valence-electron chi connectivity index (χ2n) is 2.27. The van der Waals surface area contributed by atoms with Crippen LogP contribution >= 0.6 is 23.2 Å². The van der Waals surface area contributed by atoms with Crippen molar-refractivity contribution in [1.82, 2.24) is 0 Å². The Bertz CT molecular complexity index is 363. The van der Waals surface area contributed by atoms with Crippen molar-refractivity contribution in [2.75, 3.05) is 4.72 Å². The summed E-state index contributed by atoms with van der Waals surface area (Å²) in [5.41, 5.74) is 0.439. The maximum absolute atomic E-state index is 11.1. The zero-order valence-corrected chi connectivity index (χ0v) is 8.77. The van der Waals surface area contributed by atoms with Crippen LogP contribution in [0.15, 0.2) is 30.3 Å². The van der Waals surface area contributed by atoms with Gasteiger partial charge in [-0.05, 0) is 12.1 Å². The molecule has 1 aromatic rings. The standard InChI is InChI=1S/C7H7Cl2NO2S/c8-7(9)13(11,12)10-6-4-2-1-3-5-6/h1-5,7,10H. The summed E-state index contributed by atoms with van der Waals surface area (Å²) in [6.07, 6.45) is 0. The predicted octanol–water partition coefficient (Wildman–Crippen LogP) is 2.19. The first-order valence-corrected chi connectivity index (χ1v) is 5.79. The van der Waals surface area contributed by atoms with Crippen molar-refractivity contribution in [3.05, 3.63) is 30.3 Å². The third-order valence-corrected chi connectivity index (χ3v) is 3.67. The molecule has 13 heavy (non-hydrogen) atoms. The minimum Gasteiger partial charge on any atom is -0.281 e. The molecule has 1 rings (SSSR count). The van der Waals surface area contributed by atoms with Crippen LogP contribution in [0.5, 0.6) is 0 Å². The number of nitrogens with one attached hydrogen (secondary N) is 1. The lowest BCUT2D eigenvalue weighted by Crippen LogP contribution is -2.18. The monoisotopic (exact) mass is 239 g/mol. The van der Waals surface area contributed by atoms with Gasteiger partial charge in [-0.15, -0.1) is 0 Å². The number of sulfonamides is 1. The minimum absolute atomic E-state index is 0.439. The maximum Gasteiger partial charge on any atom is 0.264 e. The van der Waals surface area contributed by atoms with E-state index in [1.807, 2.05) is 0 Å². The molecular formula is C7H7Cl2NO2S. The number of hydrogen-bond acceptors (Lipinski definition) is 2. The summed E-state index contributed by atoms with van der Waals surface area (Å²) >= 11 is 10.5. The number of benzene rings is 1. The van der Waals surface area contributed by atoms with Gasteiger partial charge in [-0.1, -0.05) is 41.4 Å². The molecular weight excluding hydrogens is 233 g/mol. The fourth-order valence-corrected chi connectivity index (χ4v) is 1.54. The van der Waals surface area contributed by atoms with Crippen molar-refractivity contribution in [3.63, 3.8) is 0 Å². The van der Waals surface area contributed by atoms with Gasteiger partial charge < -0.3 is 0 Å². The molecule has 0 radical (unpaired) electrons. The first-order chi connectivity index (χ1) is 6.02. The molecule has 1 N–H and O–H groups in total. The van der Waals surface area contributed by atoms with Gasteiger partial charge in [-0.3, -0.25) is 4.72 Å². The molecule has 0 aromatic heterocycles. The molecule has 0 saturated carbocycles.